The topological polar surface area (TPSA) is 51.9 Å². The van der Waals surface area contributed by atoms with Crippen molar-refractivity contribution in [1.29, 1.82) is 5.26 Å². The smallest absolute Gasteiger partial charge is 0.208 e. The van der Waals surface area contributed by atoms with Gasteiger partial charge in [-0.3, -0.25) is 0 Å². The van der Waals surface area contributed by atoms with Crippen molar-refractivity contribution in [3.8, 4) is 11.9 Å². The Morgan fingerprint density at radius 3 is 2.43 bits per heavy atom. The fourth-order valence-corrected chi connectivity index (χ4v) is 2.76. The van der Waals surface area contributed by atoms with E-state index in [0.29, 0.717) is 13.2 Å². The minimum absolute atomic E-state index is 0.563. The number of rotatable bonds is 9. The van der Waals surface area contributed by atoms with Gasteiger partial charge >= 0.3 is 0 Å². The first-order valence-electron chi connectivity index (χ1n) is 7.91. The van der Waals surface area contributed by atoms with Gasteiger partial charge in [0.15, 0.2) is 5.17 Å². The standard InChI is InChI=1S/C17H26N4OS/c1-4-20(5-2)11-12-21(17(23-3)19-15-18)13-14-22-16-9-7-6-8-10-16/h6-10H,4-5,11-14H2,1-3H3/b19-17-. The van der Waals surface area contributed by atoms with Gasteiger partial charge in [0.25, 0.3) is 0 Å². The van der Waals surface area contributed by atoms with Crippen LogP contribution in [0, 0.1) is 11.5 Å². The van der Waals surface area contributed by atoms with Crippen LogP contribution < -0.4 is 4.74 Å². The second-order valence-electron chi connectivity index (χ2n) is 4.87. The lowest BCUT2D eigenvalue weighted by Crippen LogP contribution is -2.39. The van der Waals surface area contributed by atoms with Gasteiger partial charge in [-0.1, -0.05) is 43.8 Å². The maximum atomic E-state index is 8.87. The van der Waals surface area contributed by atoms with Crippen molar-refractivity contribution in [2.45, 2.75) is 13.8 Å². The predicted molar refractivity (Wildman–Crippen MR) is 97.9 cm³/mol. The molecule has 1 aromatic rings. The Hall–Kier alpha value is -1.71. The highest BCUT2D eigenvalue weighted by molar-refractivity contribution is 8.13. The number of aliphatic imine (C=N–C) groups is 1. The van der Waals surface area contributed by atoms with E-state index in [1.165, 1.54) is 11.8 Å². The molecule has 0 aliphatic rings. The van der Waals surface area contributed by atoms with Crippen LogP contribution in [0.25, 0.3) is 0 Å². The predicted octanol–water partition coefficient (Wildman–Crippen LogP) is 2.91. The lowest BCUT2D eigenvalue weighted by Gasteiger charge is -2.27. The van der Waals surface area contributed by atoms with Crippen molar-refractivity contribution in [2.24, 2.45) is 4.99 Å². The van der Waals surface area contributed by atoms with Crippen LogP contribution >= 0.6 is 11.8 Å². The SMILES string of the molecule is CCN(CC)CCN(CCOc1ccccc1)/C(=N/C#N)SC. The Labute approximate surface area is 143 Å². The summed E-state index contributed by atoms with van der Waals surface area (Å²) >= 11 is 1.50. The van der Waals surface area contributed by atoms with Gasteiger partial charge in [-0.25, -0.2) is 0 Å². The van der Waals surface area contributed by atoms with Crippen molar-refractivity contribution < 1.29 is 4.74 Å². The molecule has 0 spiro atoms. The van der Waals surface area contributed by atoms with Gasteiger partial charge in [0, 0.05) is 13.1 Å². The molecule has 0 saturated heterocycles. The van der Waals surface area contributed by atoms with E-state index < -0.39 is 0 Å². The second kappa shape index (κ2) is 11.8. The molecule has 5 nitrogen and oxygen atoms in total. The fraction of sp³-hybridized carbons (Fsp3) is 0.529. The van der Waals surface area contributed by atoms with E-state index in [1.54, 1.807) is 0 Å². The lowest BCUT2D eigenvalue weighted by atomic mass is 10.3. The third-order valence-corrected chi connectivity index (χ3v) is 4.27. The van der Waals surface area contributed by atoms with E-state index >= 15 is 0 Å². The van der Waals surface area contributed by atoms with Crippen molar-refractivity contribution in [3.63, 3.8) is 0 Å². The molecule has 23 heavy (non-hydrogen) atoms. The molecule has 0 radical (unpaired) electrons. The normalized spacial score (nSPS) is 11.3. The highest BCUT2D eigenvalue weighted by Gasteiger charge is 2.12. The molecule has 0 amide bonds. The number of likely N-dealkylation sites (N-methyl/N-ethyl adjacent to an activating group) is 1. The van der Waals surface area contributed by atoms with E-state index in [9.17, 15) is 0 Å². The molecule has 0 aromatic heterocycles. The van der Waals surface area contributed by atoms with E-state index in [2.05, 4.69) is 28.6 Å². The molecule has 0 aliphatic heterocycles. The molecule has 0 fully saturated rings. The number of nitrogens with zero attached hydrogens (tertiary/aromatic N) is 4. The summed E-state index contributed by atoms with van der Waals surface area (Å²) in [5.41, 5.74) is 0. The van der Waals surface area contributed by atoms with Gasteiger partial charge in [0.2, 0.25) is 6.19 Å². The molecule has 0 aliphatic carbocycles. The third kappa shape index (κ3) is 7.40. The molecule has 0 N–H and O–H groups in total. The highest BCUT2D eigenvalue weighted by Crippen LogP contribution is 2.10. The summed E-state index contributed by atoms with van der Waals surface area (Å²) in [5, 5.41) is 9.62. The van der Waals surface area contributed by atoms with Gasteiger partial charge < -0.3 is 14.5 Å². The molecule has 0 heterocycles. The number of amidine groups is 1. The van der Waals surface area contributed by atoms with Crippen LogP contribution in [0.4, 0.5) is 0 Å². The summed E-state index contributed by atoms with van der Waals surface area (Å²) in [5.74, 6) is 0.860. The van der Waals surface area contributed by atoms with Gasteiger partial charge in [-0.05, 0) is 31.5 Å². The molecular weight excluding hydrogens is 308 g/mol. The number of hydrogen-bond donors (Lipinski definition) is 0. The summed E-state index contributed by atoms with van der Waals surface area (Å²) in [6.07, 6.45) is 3.84. The molecule has 0 bridgehead atoms. The maximum Gasteiger partial charge on any atom is 0.208 e. The molecular formula is C17H26N4OS. The van der Waals surface area contributed by atoms with E-state index in [-0.39, 0.29) is 0 Å². The second-order valence-corrected chi connectivity index (χ2v) is 5.65. The Morgan fingerprint density at radius 2 is 1.87 bits per heavy atom. The van der Waals surface area contributed by atoms with Crippen LogP contribution in [0.1, 0.15) is 13.8 Å². The zero-order valence-electron chi connectivity index (χ0n) is 14.2. The zero-order valence-corrected chi connectivity index (χ0v) is 15.1. The Kier molecular flexibility index (Phi) is 9.92. The Balaban J connectivity index is 2.59. The summed E-state index contributed by atoms with van der Waals surface area (Å²) < 4.78 is 5.77. The molecule has 6 heteroatoms. The van der Waals surface area contributed by atoms with E-state index in [4.69, 9.17) is 10.00 Å². The van der Waals surface area contributed by atoms with Crippen LogP contribution in [0.3, 0.4) is 0 Å². The van der Waals surface area contributed by atoms with Crippen molar-refractivity contribution in [2.75, 3.05) is 45.6 Å². The number of ether oxygens (including phenoxy) is 1. The van der Waals surface area contributed by atoms with Gasteiger partial charge in [-0.15, -0.1) is 4.99 Å². The van der Waals surface area contributed by atoms with Crippen LogP contribution in [-0.2, 0) is 0 Å². The molecule has 0 unspecified atom stereocenters. The quantitative estimate of drug-likeness (QED) is 0.395. The fourth-order valence-electron chi connectivity index (χ4n) is 2.18. The largest absolute Gasteiger partial charge is 0.492 e. The summed E-state index contributed by atoms with van der Waals surface area (Å²) in [6.45, 7) is 9.41. The first-order chi connectivity index (χ1) is 11.2. The minimum atomic E-state index is 0.563. The number of para-hydroxylation sites is 1. The van der Waals surface area contributed by atoms with E-state index in [1.807, 2.05) is 42.8 Å². The number of thioether (sulfide) groups is 1. The average Bonchev–Trinajstić information content (AvgIpc) is 2.60. The summed E-state index contributed by atoms with van der Waals surface area (Å²) in [6, 6.07) is 9.77. The maximum absolute atomic E-state index is 8.87. The number of hydrogen-bond acceptors (Lipinski definition) is 5. The van der Waals surface area contributed by atoms with Gasteiger partial charge in [0.05, 0.1) is 6.54 Å². The number of nitriles is 1. The lowest BCUT2D eigenvalue weighted by molar-refractivity contribution is 0.237. The molecule has 1 rings (SSSR count). The number of benzene rings is 1. The van der Waals surface area contributed by atoms with Crippen LogP contribution in [0.2, 0.25) is 0 Å². The summed E-state index contributed by atoms with van der Waals surface area (Å²) in [4.78, 5) is 8.41. The van der Waals surface area contributed by atoms with Crippen LogP contribution in [0.15, 0.2) is 35.3 Å². The van der Waals surface area contributed by atoms with Crippen molar-refractivity contribution in [3.05, 3.63) is 30.3 Å². The zero-order chi connectivity index (χ0) is 16.9. The molecule has 126 valence electrons. The van der Waals surface area contributed by atoms with Crippen LogP contribution in [-0.4, -0.2) is 60.6 Å². The Bertz CT molecular complexity index is 497. The van der Waals surface area contributed by atoms with Crippen molar-refractivity contribution >= 4 is 16.9 Å². The van der Waals surface area contributed by atoms with Gasteiger partial charge in [0.1, 0.15) is 12.4 Å². The van der Waals surface area contributed by atoms with Gasteiger partial charge in [-0.2, -0.15) is 5.26 Å². The van der Waals surface area contributed by atoms with Crippen LogP contribution in [0.5, 0.6) is 5.75 Å². The first kappa shape index (κ1) is 19.3. The highest BCUT2D eigenvalue weighted by atomic mass is 32.2. The molecule has 0 saturated carbocycles. The average molecular weight is 334 g/mol. The molecule has 0 atom stereocenters. The first-order valence-corrected chi connectivity index (χ1v) is 9.13. The van der Waals surface area contributed by atoms with E-state index in [0.717, 1.165) is 37.1 Å². The Morgan fingerprint density at radius 1 is 1.17 bits per heavy atom. The monoisotopic (exact) mass is 334 g/mol. The van der Waals surface area contributed by atoms with Crippen molar-refractivity contribution in [1.82, 2.24) is 9.80 Å². The molecule has 1 aromatic carbocycles. The minimum Gasteiger partial charge on any atom is -0.492 e. The third-order valence-electron chi connectivity index (χ3n) is 3.55. The summed E-state index contributed by atoms with van der Waals surface area (Å²) in [7, 11) is 0.